The van der Waals surface area contributed by atoms with Gasteiger partial charge in [0, 0.05) is 0 Å². The van der Waals surface area contributed by atoms with Crippen LogP contribution in [0.2, 0.25) is 0 Å². The maximum atomic E-state index is 10.3. The summed E-state index contributed by atoms with van der Waals surface area (Å²) in [4.78, 5) is 33.2. The Morgan fingerprint density at radius 3 is 1.28 bits per heavy atom. The zero-order valence-corrected chi connectivity index (χ0v) is 10.6. The van der Waals surface area contributed by atoms with Gasteiger partial charge in [-0.25, -0.2) is 9.13 Å². The summed E-state index contributed by atoms with van der Waals surface area (Å²) in [5.74, 6) is 0. The highest BCUT2D eigenvalue weighted by Gasteiger charge is 2.29. The molecule has 0 spiro atoms. The molecule has 0 saturated heterocycles. The van der Waals surface area contributed by atoms with Crippen LogP contribution >= 0.6 is 15.6 Å². The van der Waals surface area contributed by atoms with Gasteiger partial charge in [-0.3, -0.25) is 9.05 Å². The quantitative estimate of drug-likeness (QED) is 0.230. The Morgan fingerprint density at radius 1 is 0.778 bits per heavy atom. The molecule has 0 unspecified atom stereocenters. The molecule has 0 aromatic heterocycles. The summed E-state index contributed by atoms with van der Waals surface area (Å²) in [6, 6.07) is 0. The van der Waals surface area contributed by atoms with Crippen LogP contribution in [0.4, 0.5) is 0 Å². The second-order valence-corrected chi connectivity index (χ2v) is 5.68. The highest BCUT2D eigenvalue weighted by atomic mass is 31.2. The second kappa shape index (κ2) is 7.04. The SMILES string of the molecule is O=P(O)(O)OC[C@@H](O)C(O)[C@H](O)COP(=O)(O)O. The van der Waals surface area contributed by atoms with Crippen molar-refractivity contribution in [2.45, 2.75) is 18.3 Å². The Hall–Kier alpha value is 0.1000. The van der Waals surface area contributed by atoms with E-state index in [0.717, 1.165) is 0 Å². The second-order valence-electron chi connectivity index (χ2n) is 3.20. The Bertz CT molecular complexity index is 300. The Balaban J connectivity index is 4.16. The van der Waals surface area contributed by atoms with E-state index in [4.69, 9.17) is 29.8 Å². The van der Waals surface area contributed by atoms with E-state index in [1.54, 1.807) is 0 Å². The highest BCUT2D eigenvalue weighted by Crippen LogP contribution is 2.37. The molecular formula is C5H14O11P2. The van der Waals surface area contributed by atoms with Crippen LogP contribution in [0.15, 0.2) is 0 Å². The van der Waals surface area contributed by atoms with Gasteiger partial charge in [0.15, 0.2) is 0 Å². The molecule has 0 aliphatic heterocycles. The lowest BCUT2D eigenvalue weighted by Crippen LogP contribution is -2.42. The van der Waals surface area contributed by atoms with Crippen LogP contribution < -0.4 is 0 Å². The minimum absolute atomic E-state index is 0.988. The van der Waals surface area contributed by atoms with Gasteiger partial charge in [0.05, 0.1) is 13.2 Å². The molecule has 0 aliphatic rings. The Kier molecular flexibility index (Phi) is 7.07. The van der Waals surface area contributed by atoms with Crippen molar-refractivity contribution in [3.05, 3.63) is 0 Å². The molecule has 0 aromatic carbocycles. The van der Waals surface area contributed by atoms with Crippen LogP contribution in [-0.4, -0.2) is 66.4 Å². The highest BCUT2D eigenvalue weighted by molar-refractivity contribution is 7.46. The summed E-state index contributed by atoms with van der Waals surface area (Å²) in [7, 11) is -9.68. The average Bonchev–Trinajstić information content (AvgIpc) is 2.19. The summed E-state index contributed by atoms with van der Waals surface area (Å²) in [6.45, 7) is -1.98. The van der Waals surface area contributed by atoms with E-state index in [1.165, 1.54) is 0 Å². The molecule has 0 amide bonds. The minimum Gasteiger partial charge on any atom is -0.388 e. The number of hydrogen-bond acceptors (Lipinski definition) is 7. The van der Waals surface area contributed by atoms with Crippen LogP contribution in [0.5, 0.6) is 0 Å². The number of aliphatic hydroxyl groups is 3. The molecule has 0 rings (SSSR count). The Morgan fingerprint density at radius 2 is 1.06 bits per heavy atom. The van der Waals surface area contributed by atoms with Crippen molar-refractivity contribution >= 4 is 15.6 Å². The van der Waals surface area contributed by atoms with E-state index in [0.29, 0.717) is 0 Å². The molecule has 0 fully saturated rings. The third-order valence-corrected chi connectivity index (χ3v) is 2.59. The standard InChI is InChI=1S/C5H14O11P2/c6-3(1-15-17(9,10)11)5(8)4(7)2-16-18(12,13)14/h3-8H,1-2H2,(H2,9,10,11)(H2,12,13,14)/t3-,4-/m1/s1. The minimum atomic E-state index is -4.84. The van der Waals surface area contributed by atoms with E-state index in [-0.39, 0.29) is 0 Å². The molecule has 18 heavy (non-hydrogen) atoms. The first-order valence-electron chi connectivity index (χ1n) is 4.37. The third-order valence-electron chi connectivity index (χ3n) is 1.62. The van der Waals surface area contributed by atoms with Crippen molar-refractivity contribution in [3.8, 4) is 0 Å². The number of rotatable bonds is 8. The summed E-state index contributed by atoms with van der Waals surface area (Å²) in [6.07, 6.45) is -5.73. The van der Waals surface area contributed by atoms with Crippen molar-refractivity contribution in [3.63, 3.8) is 0 Å². The molecule has 13 heteroatoms. The molecule has 110 valence electrons. The van der Waals surface area contributed by atoms with Crippen molar-refractivity contribution in [1.29, 1.82) is 0 Å². The summed E-state index contributed by atoms with van der Waals surface area (Å²) >= 11 is 0. The molecule has 11 nitrogen and oxygen atoms in total. The lowest BCUT2D eigenvalue weighted by Gasteiger charge is -2.22. The van der Waals surface area contributed by atoms with Crippen molar-refractivity contribution < 1.29 is 53.1 Å². The summed E-state index contributed by atoms with van der Waals surface area (Å²) in [5, 5.41) is 27.5. The van der Waals surface area contributed by atoms with Gasteiger partial charge in [-0.15, -0.1) is 0 Å². The van der Waals surface area contributed by atoms with E-state index < -0.39 is 47.2 Å². The average molecular weight is 312 g/mol. The fraction of sp³-hybridized carbons (Fsp3) is 1.00. The van der Waals surface area contributed by atoms with Crippen molar-refractivity contribution in [2.24, 2.45) is 0 Å². The molecule has 0 heterocycles. The number of phosphoric acid groups is 2. The number of aliphatic hydroxyl groups excluding tert-OH is 3. The predicted molar refractivity (Wildman–Crippen MR) is 54.0 cm³/mol. The third kappa shape index (κ3) is 9.09. The van der Waals surface area contributed by atoms with Crippen LogP contribution in [0.3, 0.4) is 0 Å². The fourth-order valence-corrected chi connectivity index (χ4v) is 1.49. The van der Waals surface area contributed by atoms with Crippen molar-refractivity contribution in [2.75, 3.05) is 13.2 Å². The lowest BCUT2D eigenvalue weighted by atomic mass is 10.1. The van der Waals surface area contributed by atoms with Gasteiger partial charge in [-0.05, 0) is 0 Å². The van der Waals surface area contributed by atoms with Gasteiger partial charge in [0.1, 0.15) is 18.3 Å². The van der Waals surface area contributed by atoms with Gasteiger partial charge < -0.3 is 34.9 Å². The molecule has 0 saturated carbocycles. The van der Waals surface area contributed by atoms with Gasteiger partial charge in [-0.1, -0.05) is 0 Å². The van der Waals surface area contributed by atoms with Crippen LogP contribution in [0.25, 0.3) is 0 Å². The van der Waals surface area contributed by atoms with Gasteiger partial charge in [0.25, 0.3) is 0 Å². The molecule has 7 N–H and O–H groups in total. The molecular weight excluding hydrogens is 298 g/mol. The van der Waals surface area contributed by atoms with Gasteiger partial charge in [-0.2, -0.15) is 0 Å². The van der Waals surface area contributed by atoms with Crippen molar-refractivity contribution in [1.82, 2.24) is 0 Å². The summed E-state index contributed by atoms with van der Waals surface area (Å²) in [5.41, 5.74) is 0. The van der Waals surface area contributed by atoms with Gasteiger partial charge in [0.2, 0.25) is 0 Å². The van der Waals surface area contributed by atoms with Crippen LogP contribution in [0.1, 0.15) is 0 Å². The largest absolute Gasteiger partial charge is 0.469 e. The first kappa shape index (κ1) is 18.1. The topological polar surface area (TPSA) is 194 Å². The van der Waals surface area contributed by atoms with Gasteiger partial charge >= 0.3 is 15.6 Å². The van der Waals surface area contributed by atoms with Crippen LogP contribution in [-0.2, 0) is 18.2 Å². The Labute approximate surface area is 101 Å². The lowest BCUT2D eigenvalue weighted by molar-refractivity contribution is -0.0881. The van der Waals surface area contributed by atoms with Crippen LogP contribution in [0, 0.1) is 0 Å². The first-order chi connectivity index (χ1) is 7.92. The molecule has 0 aromatic rings. The fourth-order valence-electron chi connectivity index (χ4n) is 0.801. The van der Waals surface area contributed by atoms with E-state index >= 15 is 0 Å². The smallest absolute Gasteiger partial charge is 0.388 e. The number of hydrogen-bond donors (Lipinski definition) is 7. The first-order valence-corrected chi connectivity index (χ1v) is 7.43. The predicted octanol–water partition coefficient (Wildman–Crippen LogP) is -2.71. The van der Waals surface area contributed by atoms with E-state index in [9.17, 15) is 14.2 Å². The maximum Gasteiger partial charge on any atom is 0.469 e. The zero-order chi connectivity index (χ0) is 14.6. The molecule has 2 atom stereocenters. The monoisotopic (exact) mass is 312 g/mol. The zero-order valence-electron chi connectivity index (χ0n) is 8.80. The molecule has 0 bridgehead atoms. The normalized spacial score (nSPS) is 16.9. The molecule has 0 radical (unpaired) electrons. The van der Waals surface area contributed by atoms with E-state index in [1.807, 2.05) is 0 Å². The summed E-state index contributed by atoms with van der Waals surface area (Å²) < 4.78 is 28.3. The van der Waals surface area contributed by atoms with E-state index in [2.05, 4.69) is 9.05 Å². The number of phosphoric ester groups is 2. The molecule has 0 aliphatic carbocycles. The maximum absolute atomic E-state index is 10.3.